The first-order valence-corrected chi connectivity index (χ1v) is 9.02. The van der Waals surface area contributed by atoms with Gasteiger partial charge in [-0.1, -0.05) is 41.6 Å². The summed E-state index contributed by atoms with van der Waals surface area (Å²) in [7, 11) is 1.77. The average Bonchev–Trinajstić information content (AvgIpc) is 3.04. The molecule has 0 N–H and O–H groups in total. The van der Waals surface area contributed by atoms with Gasteiger partial charge in [0.2, 0.25) is 5.91 Å². The molecule has 0 aliphatic heterocycles. The molecule has 1 aromatic heterocycles. The molecule has 0 unspecified atom stereocenters. The Morgan fingerprint density at radius 3 is 2.72 bits per heavy atom. The maximum absolute atomic E-state index is 12.2. The lowest BCUT2D eigenvalue weighted by Gasteiger charge is -2.17. The van der Waals surface area contributed by atoms with Crippen LogP contribution in [-0.2, 0) is 4.79 Å². The third-order valence-electron chi connectivity index (χ3n) is 3.74. The SMILES string of the molecule is Cc1ccc(OCCN(C)C(=O)CSc2nc3ccccc3o2)cc1. The number of oxazole rings is 1. The zero-order valence-electron chi connectivity index (χ0n) is 14.3. The average molecular weight is 356 g/mol. The van der Waals surface area contributed by atoms with Crippen LogP contribution in [-0.4, -0.2) is 41.7 Å². The summed E-state index contributed by atoms with van der Waals surface area (Å²) < 4.78 is 11.3. The molecular formula is C19H20N2O3S. The minimum atomic E-state index is 0.0137. The number of thioether (sulfide) groups is 1. The van der Waals surface area contributed by atoms with E-state index in [1.807, 2.05) is 55.5 Å². The van der Waals surface area contributed by atoms with Crippen molar-refractivity contribution in [2.24, 2.45) is 0 Å². The molecule has 0 saturated heterocycles. The smallest absolute Gasteiger partial charge is 0.257 e. The minimum Gasteiger partial charge on any atom is -0.492 e. The Bertz CT molecular complexity index is 812. The molecule has 6 heteroatoms. The summed E-state index contributed by atoms with van der Waals surface area (Å²) in [5.74, 6) is 1.11. The predicted octanol–water partition coefficient (Wildman–Crippen LogP) is 3.77. The number of amides is 1. The van der Waals surface area contributed by atoms with Gasteiger partial charge in [0.25, 0.3) is 5.22 Å². The summed E-state index contributed by atoms with van der Waals surface area (Å²) in [6.45, 7) is 3.02. The van der Waals surface area contributed by atoms with Gasteiger partial charge in [-0.2, -0.15) is 0 Å². The van der Waals surface area contributed by atoms with E-state index in [0.29, 0.717) is 18.4 Å². The molecule has 0 atom stereocenters. The molecule has 0 aliphatic rings. The molecule has 25 heavy (non-hydrogen) atoms. The van der Waals surface area contributed by atoms with Crippen LogP contribution in [0.1, 0.15) is 5.56 Å². The Morgan fingerprint density at radius 1 is 1.20 bits per heavy atom. The van der Waals surface area contributed by atoms with Crippen molar-refractivity contribution in [3.8, 4) is 5.75 Å². The van der Waals surface area contributed by atoms with Crippen LogP contribution >= 0.6 is 11.8 Å². The van der Waals surface area contributed by atoms with Crippen LogP contribution in [0.25, 0.3) is 11.1 Å². The van der Waals surface area contributed by atoms with E-state index >= 15 is 0 Å². The van der Waals surface area contributed by atoms with Crippen molar-refractivity contribution in [1.82, 2.24) is 9.88 Å². The highest BCUT2D eigenvalue weighted by molar-refractivity contribution is 7.99. The summed E-state index contributed by atoms with van der Waals surface area (Å²) in [6, 6.07) is 15.4. The minimum absolute atomic E-state index is 0.0137. The first-order valence-electron chi connectivity index (χ1n) is 8.03. The summed E-state index contributed by atoms with van der Waals surface area (Å²) in [5, 5.41) is 0.513. The number of likely N-dealkylation sites (N-methyl/N-ethyl adjacent to an activating group) is 1. The van der Waals surface area contributed by atoms with Gasteiger partial charge in [-0.15, -0.1) is 0 Å². The normalized spacial score (nSPS) is 10.8. The zero-order chi connectivity index (χ0) is 17.6. The molecule has 3 rings (SSSR count). The Morgan fingerprint density at radius 2 is 1.96 bits per heavy atom. The summed E-state index contributed by atoms with van der Waals surface area (Å²) in [6.07, 6.45) is 0. The number of carbonyl (C=O) groups is 1. The van der Waals surface area contributed by atoms with Gasteiger partial charge in [0.1, 0.15) is 17.9 Å². The first-order chi connectivity index (χ1) is 12.1. The number of aryl methyl sites for hydroxylation is 1. The standard InChI is InChI=1S/C19H20N2O3S/c1-14-7-9-15(10-8-14)23-12-11-21(2)18(22)13-25-19-20-16-5-3-4-6-17(16)24-19/h3-10H,11-13H2,1-2H3. The van der Waals surface area contributed by atoms with Gasteiger partial charge in [-0.25, -0.2) is 4.98 Å². The summed E-state index contributed by atoms with van der Waals surface area (Å²) in [4.78, 5) is 18.2. The number of fused-ring (bicyclic) bond motifs is 1. The van der Waals surface area contributed by atoms with E-state index in [1.54, 1.807) is 11.9 Å². The van der Waals surface area contributed by atoms with Crippen molar-refractivity contribution >= 4 is 28.8 Å². The Kier molecular flexibility index (Phi) is 5.60. The van der Waals surface area contributed by atoms with Crippen molar-refractivity contribution in [1.29, 1.82) is 0 Å². The van der Waals surface area contributed by atoms with E-state index in [1.165, 1.54) is 17.3 Å². The van der Waals surface area contributed by atoms with Crippen LogP contribution in [0, 0.1) is 6.92 Å². The van der Waals surface area contributed by atoms with Crippen molar-refractivity contribution in [3.63, 3.8) is 0 Å². The molecule has 130 valence electrons. The molecule has 2 aromatic carbocycles. The molecule has 5 nitrogen and oxygen atoms in total. The van der Waals surface area contributed by atoms with Crippen LogP contribution in [0.15, 0.2) is 58.2 Å². The van der Waals surface area contributed by atoms with Gasteiger partial charge in [0.05, 0.1) is 12.3 Å². The first kappa shape index (κ1) is 17.4. The number of ether oxygens (including phenoxy) is 1. The zero-order valence-corrected chi connectivity index (χ0v) is 15.1. The number of aromatic nitrogens is 1. The Balaban J connectivity index is 1.43. The molecule has 0 spiro atoms. The number of hydrogen-bond donors (Lipinski definition) is 0. The highest BCUT2D eigenvalue weighted by atomic mass is 32.2. The van der Waals surface area contributed by atoms with Crippen molar-refractivity contribution in [3.05, 3.63) is 54.1 Å². The fraction of sp³-hybridized carbons (Fsp3) is 0.263. The number of para-hydroxylation sites is 2. The second-order valence-electron chi connectivity index (χ2n) is 5.71. The Labute approximate surface area is 151 Å². The van der Waals surface area contributed by atoms with Crippen LogP contribution < -0.4 is 4.74 Å². The fourth-order valence-corrected chi connectivity index (χ4v) is 2.99. The molecule has 0 bridgehead atoms. The molecule has 0 aliphatic carbocycles. The summed E-state index contributed by atoms with van der Waals surface area (Å²) >= 11 is 1.30. The van der Waals surface area contributed by atoms with Gasteiger partial charge in [0.15, 0.2) is 5.58 Å². The third kappa shape index (κ3) is 4.76. The predicted molar refractivity (Wildman–Crippen MR) is 99.0 cm³/mol. The molecule has 1 amide bonds. The van der Waals surface area contributed by atoms with Crippen LogP contribution in [0.3, 0.4) is 0 Å². The quantitative estimate of drug-likeness (QED) is 0.603. The van der Waals surface area contributed by atoms with Crippen molar-refractivity contribution in [2.75, 3.05) is 26.0 Å². The van der Waals surface area contributed by atoms with Gasteiger partial charge >= 0.3 is 0 Å². The van der Waals surface area contributed by atoms with E-state index < -0.39 is 0 Å². The lowest BCUT2D eigenvalue weighted by molar-refractivity contribution is -0.127. The maximum atomic E-state index is 12.2. The highest BCUT2D eigenvalue weighted by Crippen LogP contribution is 2.23. The summed E-state index contributed by atoms with van der Waals surface area (Å²) in [5.41, 5.74) is 2.73. The molecule has 0 fully saturated rings. The number of carbonyl (C=O) groups excluding carboxylic acids is 1. The lowest BCUT2D eigenvalue weighted by atomic mass is 10.2. The van der Waals surface area contributed by atoms with Gasteiger partial charge in [-0.05, 0) is 31.2 Å². The van der Waals surface area contributed by atoms with Crippen LogP contribution in [0.2, 0.25) is 0 Å². The molecule has 0 saturated carbocycles. The van der Waals surface area contributed by atoms with E-state index in [4.69, 9.17) is 9.15 Å². The lowest BCUT2D eigenvalue weighted by Crippen LogP contribution is -2.32. The Hall–Kier alpha value is -2.47. The number of nitrogens with zero attached hydrogens (tertiary/aromatic N) is 2. The molecule has 0 radical (unpaired) electrons. The maximum Gasteiger partial charge on any atom is 0.257 e. The van der Waals surface area contributed by atoms with E-state index in [2.05, 4.69) is 4.98 Å². The van der Waals surface area contributed by atoms with E-state index in [0.717, 1.165) is 16.8 Å². The van der Waals surface area contributed by atoms with Crippen molar-refractivity contribution < 1.29 is 13.9 Å². The molecule has 3 aromatic rings. The third-order valence-corrected chi connectivity index (χ3v) is 4.55. The van der Waals surface area contributed by atoms with Gasteiger partial charge in [0, 0.05) is 7.05 Å². The van der Waals surface area contributed by atoms with Crippen LogP contribution in [0.5, 0.6) is 5.75 Å². The second kappa shape index (κ2) is 8.07. The second-order valence-corrected chi connectivity index (χ2v) is 6.64. The van der Waals surface area contributed by atoms with Gasteiger partial charge in [-0.3, -0.25) is 4.79 Å². The van der Waals surface area contributed by atoms with Crippen molar-refractivity contribution in [2.45, 2.75) is 12.1 Å². The van der Waals surface area contributed by atoms with Crippen LogP contribution in [0.4, 0.5) is 0 Å². The van der Waals surface area contributed by atoms with Gasteiger partial charge < -0.3 is 14.1 Å². The fourth-order valence-electron chi connectivity index (χ4n) is 2.21. The number of hydrogen-bond acceptors (Lipinski definition) is 5. The van der Waals surface area contributed by atoms with E-state index in [-0.39, 0.29) is 11.7 Å². The number of rotatable bonds is 7. The van der Waals surface area contributed by atoms with E-state index in [9.17, 15) is 4.79 Å². The highest BCUT2D eigenvalue weighted by Gasteiger charge is 2.12. The number of benzene rings is 2. The largest absolute Gasteiger partial charge is 0.492 e. The molecular weight excluding hydrogens is 336 g/mol. The monoisotopic (exact) mass is 356 g/mol. The molecule has 1 heterocycles. The topological polar surface area (TPSA) is 55.6 Å².